The highest BCUT2D eigenvalue weighted by Crippen LogP contribution is 2.33. The number of ether oxygens (including phenoxy) is 3. The summed E-state index contributed by atoms with van der Waals surface area (Å²) >= 11 is 3.04. The highest BCUT2D eigenvalue weighted by Gasteiger charge is 2.25. The molecule has 4 rings (SSSR count). The van der Waals surface area contributed by atoms with Crippen molar-refractivity contribution in [2.75, 3.05) is 20.8 Å². The van der Waals surface area contributed by atoms with Crippen LogP contribution >= 0.6 is 23.1 Å². The SMILES string of the molecule is COc1ccc(C(=O)C(C)Sc2nnc(-c3cccs3)n2CC2CCCO2)cc1OC. The van der Waals surface area contributed by atoms with E-state index in [1.165, 1.54) is 11.8 Å². The molecule has 0 spiro atoms. The number of thioether (sulfide) groups is 1. The van der Waals surface area contributed by atoms with Gasteiger partial charge in [-0.3, -0.25) is 9.36 Å². The number of nitrogens with zero attached hydrogens (tertiary/aromatic N) is 3. The number of thiophene rings is 1. The summed E-state index contributed by atoms with van der Waals surface area (Å²) in [6, 6.07) is 9.26. The van der Waals surface area contributed by atoms with Gasteiger partial charge in [-0.05, 0) is 49.4 Å². The van der Waals surface area contributed by atoms with Gasteiger partial charge < -0.3 is 14.2 Å². The highest BCUT2D eigenvalue weighted by molar-refractivity contribution is 8.00. The number of hydrogen-bond acceptors (Lipinski definition) is 8. The maximum absolute atomic E-state index is 13.1. The van der Waals surface area contributed by atoms with Crippen molar-refractivity contribution in [1.82, 2.24) is 14.8 Å². The van der Waals surface area contributed by atoms with Gasteiger partial charge in [0.15, 0.2) is 28.3 Å². The zero-order valence-electron chi connectivity index (χ0n) is 17.7. The first-order valence-electron chi connectivity index (χ1n) is 10.1. The fourth-order valence-corrected chi connectivity index (χ4v) is 5.21. The molecular weight excluding hydrogens is 434 g/mol. The van der Waals surface area contributed by atoms with Crippen LogP contribution in [0.1, 0.15) is 30.1 Å². The van der Waals surface area contributed by atoms with Crippen molar-refractivity contribution in [2.24, 2.45) is 0 Å². The molecule has 0 N–H and O–H groups in total. The molecule has 0 bridgehead atoms. The second-order valence-electron chi connectivity index (χ2n) is 7.22. The lowest BCUT2D eigenvalue weighted by atomic mass is 10.1. The minimum Gasteiger partial charge on any atom is -0.493 e. The molecule has 1 saturated heterocycles. The van der Waals surface area contributed by atoms with E-state index in [4.69, 9.17) is 14.2 Å². The van der Waals surface area contributed by atoms with E-state index >= 15 is 0 Å². The largest absolute Gasteiger partial charge is 0.493 e. The zero-order valence-corrected chi connectivity index (χ0v) is 19.4. The van der Waals surface area contributed by atoms with E-state index in [1.807, 2.05) is 24.4 Å². The van der Waals surface area contributed by atoms with Crippen molar-refractivity contribution in [1.29, 1.82) is 0 Å². The normalized spacial score (nSPS) is 16.9. The summed E-state index contributed by atoms with van der Waals surface area (Å²) in [5.41, 5.74) is 0.571. The number of benzene rings is 1. The first kappa shape index (κ1) is 21.9. The Kier molecular flexibility index (Phi) is 6.94. The van der Waals surface area contributed by atoms with E-state index in [0.29, 0.717) is 23.6 Å². The summed E-state index contributed by atoms with van der Waals surface area (Å²) in [6.07, 6.45) is 2.23. The van der Waals surface area contributed by atoms with Crippen LogP contribution in [0.15, 0.2) is 40.9 Å². The van der Waals surface area contributed by atoms with E-state index in [9.17, 15) is 4.79 Å². The molecule has 31 heavy (non-hydrogen) atoms. The van der Waals surface area contributed by atoms with Crippen LogP contribution < -0.4 is 9.47 Å². The van der Waals surface area contributed by atoms with Gasteiger partial charge in [0.2, 0.25) is 0 Å². The van der Waals surface area contributed by atoms with Crippen LogP contribution in [0, 0.1) is 0 Å². The first-order chi connectivity index (χ1) is 15.1. The molecule has 9 heteroatoms. The molecule has 3 heterocycles. The predicted octanol–water partition coefficient (Wildman–Crippen LogP) is 4.57. The van der Waals surface area contributed by atoms with Crippen molar-refractivity contribution in [3.63, 3.8) is 0 Å². The van der Waals surface area contributed by atoms with Crippen LogP contribution in [0.2, 0.25) is 0 Å². The molecule has 2 atom stereocenters. The highest BCUT2D eigenvalue weighted by atomic mass is 32.2. The Labute approximate surface area is 189 Å². The van der Waals surface area contributed by atoms with Gasteiger partial charge in [0.05, 0.1) is 37.0 Å². The van der Waals surface area contributed by atoms with Crippen molar-refractivity contribution >= 4 is 28.9 Å². The van der Waals surface area contributed by atoms with E-state index in [0.717, 1.165) is 35.3 Å². The summed E-state index contributed by atoms with van der Waals surface area (Å²) in [5, 5.41) is 11.3. The van der Waals surface area contributed by atoms with Crippen LogP contribution in [0.4, 0.5) is 0 Å². The number of hydrogen-bond donors (Lipinski definition) is 0. The summed E-state index contributed by atoms with van der Waals surface area (Å²) in [4.78, 5) is 14.2. The molecule has 1 aliphatic heterocycles. The Balaban J connectivity index is 1.57. The monoisotopic (exact) mass is 459 g/mol. The van der Waals surface area contributed by atoms with Gasteiger partial charge >= 0.3 is 0 Å². The average Bonchev–Trinajstić information content (AvgIpc) is 3.56. The Morgan fingerprint density at radius 2 is 2.13 bits per heavy atom. The Hall–Kier alpha value is -2.36. The average molecular weight is 460 g/mol. The predicted molar refractivity (Wildman–Crippen MR) is 122 cm³/mol. The molecule has 1 aromatic carbocycles. The van der Waals surface area contributed by atoms with Crippen molar-refractivity contribution < 1.29 is 19.0 Å². The zero-order chi connectivity index (χ0) is 21.8. The maximum Gasteiger partial charge on any atom is 0.192 e. The second-order valence-corrected chi connectivity index (χ2v) is 9.48. The smallest absolute Gasteiger partial charge is 0.192 e. The van der Waals surface area contributed by atoms with Gasteiger partial charge in [0, 0.05) is 12.2 Å². The molecule has 164 valence electrons. The summed E-state index contributed by atoms with van der Waals surface area (Å²) in [5.74, 6) is 1.94. The minimum absolute atomic E-state index is 0.00436. The van der Waals surface area contributed by atoms with E-state index in [-0.39, 0.29) is 17.1 Å². The van der Waals surface area contributed by atoms with Crippen molar-refractivity contribution in [3.8, 4) is 22.2 Å². The van der Waals surface area contributed by atoms with E-state index in [2.05, 4.69) is 14.8 Å². The Bertz CT molecular complexity index is 1030. The molecule has 3 aromatic rings. The maximum atomic E-state index is 13.1. The molecule has 2 aromatic heterocycles. The van der Waals surface area contributed by atoms with Crippen LogP contribution in [-0.4, -0.2) is 52.7 Å². The van der Waals surface area contributed by atoms with Gasteiger partial charge in [-0.25, -0.2) is 0 Å². The molecule has 1 aliphatic rings. The molecular formula is C22H25N3O4S2. The molecule has 7 nitrogen and oxygen atoms in total. The topological polar surface area (TPSA) is 75.5 Å². The molecule has 0 amide bonds. The Morgan fingerprint density at radius 3 is 2.81 bits per heavy atom. The fourth-order valence-electron chi connectivity index (χ4n) is 3.56. The Morgan fingerprint density at radius 1 is 1.29 bits per heavy atom. The number of carbonyl (C=O) groups is 1. The van der Waals surface area contributed by atoms with Gasteiger partial charge in [0.1, 0.15) is 0 Å². The second kappa shape index (κ2) is 9.84. The summed E-state index contributed by atoms with van der Waals surface area (Å²) < 4.78 is 18.5. The standard InChI is InChI=1S/C22H25N3O4S2/c1-14(20(26)15-8-9-17(27-2)18(12-15)28-3)31-22-24-23-21(19-7-5-11-30-19)25(22)13-16-6-4-10-29-16/h5,7-9,11-12,14,16H,4,6,10,13H2,1-3H3. The van der Waals surface area contributed by atoms with Crippen LogP contribution in [0.3, 0.4) is 0 Å². The molecule has 2 unspecified atom stereocenters. The number of ketones is 1. The molecule has 0 radical (unpaired) electrons. The van der Waals surface area contributed by atoms with E-state index < -0.39 is 0 Å². The molecule has 1 fully saturated rings. The lowest BCUT2D eigenvalue weighted by Gasteiger charge is -2.16. The lowest BCUT2D eigenvalue weighted by molar-refractivity contribution is 0.0953. The van der Waals surface area contributed by atoms with Crippen LogP contribution in [0.25, 0.3) is 10.7 Å². The van der Waals surface area contributed by atoms with Gasteiger partial charge in [-0.15, -0.1) is 21.5 Å². The molecule has 0 aliphatic carbocycles. The minimum atomic E-state index is -0.346. The van der Waals surface area contributed by atoms with Crippen molar-refractivity contribution in [2.45, 2.75) is 42.8 Å². The number of carbonyl (C=O) groups excluding carboxylic acids is 1. The number of aromatic nitrogens is 3. The van der Waals surface area contributed by atoms with E-state index in [1.54, 1.807) is 43.8 Å². The van der Waals surface area contributed by atoms with Gasteiger partial charge in [0.25, 0.3) is 0 Å². The summed E-state index contributed by atoms with van der Waals surface area (Å²) in [7, 11) is 3.13. The van der Waals surface area contributed by atoms with Crippen LogP contribution in [-0.2, 0) is 11.3 Å². The van der Waals surface area contributed by atoms with Crippen LogP contribution in [0.5, 0.6) is 11.5 Å². The number of methoxy groups -OCH3 is 2. The van der Waals surface area contributed by atoms with Gasteiger partial charge in [-0.2, -0.15) is 0 Å². The quantitative estimate of drug-likeness (QED) is 0.343. The number of Topliss-reactive ketones (excluding diaryl/α,β-unsaturated/α-hetero) is 1. The first-order valence-corrected chi connectivity index (χ1v) is 11.9. The molecule has 0 saturated carbocycles. The third-order valence-electron chi connectivity index (χ3n) is 5.19. The fraction of sp³-hybridized carbons (Fsp3) is 0.409. The third-order valence-corrected chi connectivity index (χ3v) is 7.13. The third kappa shape index (κ3) is 4.78. The van der Waals surface area contributed by atoms with Crippen molar-refractivity contribution in [3.05, 3.63) is 41.3 Å². The lowest BCUT2D eigenvalue weighted by Crippen LogP contribution is -2.19. The van der Waals surface area contributed by atoms with Gasteiger partial charge in [-0.1, -0.05) is 17.8 Å². The number of rotatable bonds is 9. The summed E-state index contributed by atoms with van der Waals surface area (Å²) in [6.45, 7) is 3.36.